The average Bonchev–Trinajstić information content (AvgIpc) is 3.55. The first-order valence-electron chi connectivity index (χ1n) is 10.4. The number of ether oxygens (including phenoxy) is 1. The Kier molecular flexibility index (Phi) is 5.22. The summed E-state index contributed by atoms with van der Waals surface area (Å²) in [4.78, 5) is 16.5. The molecule has 1 fully saturated rings. The minimum atomic E-state index is -0.0736. The first kappa shape index (κ1) is 19.1. The lowest BCUT2D eigenvalue weighted by molar-refractivity contribution is -0.123. The quantitative estimate of drug-likeness (QED) is 0.365. The Morgan fingerprint density at radius 3 is 2.77 bits per heavy atom. The van der Waals surface area contributed by atoms with E-state index in [-0.39, 0.29) is 12.5 Å². The summed E-state index contributed by atoms with van der Waals surface area (Å²) in [6, 6.07) is 13.6. The molecule has 1 aliphatic rings. The van der Waals surface area contributed by atoms with E-state index in [0.717, 1.165) is 35.0 Å². The van der Waals surface area contributed by atoms with Crippen LogP contribution in [0.5, 0.6) is 5.75 Å². The summed E-state index contributed by atoms with van der Waals surface area (Å²) >= 11 is 0. The highest BCUT2D eigenvalue weighted by molar-refractivity contribution is 5.82. The van der Waals surface area contributed by atoms with Gasteiger partial charge >= 0.3 is 0 Å². The van der Waals surface area contributed by atoms with Crippen LogP contribution in [0.15, 0.2) is 48.7 Å². The third kappa shape index (κ3) is 4.50. The third-order valence-electron chi connectivity index (χ3n) is 5.40. The van der Waals surface area contributed by atoms with Gasteiger partial charge in [0.15, 0.2) is 12.4 Å². The second-order valence-corrected chi connectivity index (χ2v) is 7.67. The van der Waals surface area contributed by atoms with Crippen LogP contribution < -0.4 is 15.4 Å². The summed E-state index contributed by atoms with van der Waals surface area (Å²) in [5.74, 6) is 1.67. The number of nitrogens with one attached hydrogen (secondary N) is 4. The number of aromatic nitrogens is 5. The molecule has 1 amide bonds. The molecule has 0 radical (unpaired) electrons. The number of H-pyrrole nitrogens is 2. The highest BCUT2D eigenvalue weighted by Gasteiger charge is 2.17. The summed E-state index contributed by atoms with van der Waals surface area (Å²) in [6.45, 7) is 0.0211. The highest BCUT2D eigenvalue weighted by atomic mass is 16.5. The van der Waals surface area contributed by atoms with Crippen LogP contribution in [-0.4, -0.2) is 43.9 Å². The van der Waals surface area contributed by atoms with E-state index in [9.17, 15) is 4.79 Å². The van der Waals surface area contributed by atoms with Gasteiger partial charge < -0.3 is 15.4 Å². The lowest BCUT2D eigenvalue weighted by atomic mass is 10.2. The van der Waals surface area contributed by atoms with Crippen LogP contribution in [-0.2, 0) is 4.79 Å². The molecule has 0 unspecified atom stereocenters. The van der Waals surface area contributed by atoms with Crippen LogP contribution in [0, 0.1) is 0 Å². The van der Waals surface area contributed by atoms with E-state index >= 15 is 0 Å². The molecule has 0 bridgehead atoms. The van der Waals surface area contributed by atoms with Gasteiger partial charge in [0.05, 0.1) is 11.7 Å². The maximum absolute atomic E-state index is 12.0. The molecule has 5 rings (SSSR count). The summed E-state index contributed by atoms with van der Waals surface area (Å²) < 4.78 is 5.60. The fourth-order valence-electron chi connectivity index (χ4n) is 3.79. The first-order valence-corrected chi connectivity index (χ1v) is 10.4. The molecule has 0 spiro atoms. The summed E-state index contributed by atoms with van der Waals surface area (Å²) in [6.07, 6.45) is 6.27. The van der Waals surface area contributed by atoms with Gasteiger partial charge in [0.2, 0.25) is 5.95 Å². The van der Waals surface area contributed by atoms with Crippen molar-refractivity contribution in [2.75, 3.05) is 11.9 Å². The first-order chi connectivity index (χ1) is 15.2. The number of hydrogen-bond acceptors (Lipinski definition) is 6. The number of rotatable bonds is 7. The smallest absolute Gasteiger partial charge is 0.258 e. The fraction of sp³-hybridized carbons (Fsp3) is 0.273. The molecule has 0 saturated heterocycles. The van der Waals surface area contributed by atoms with Gasteiger partial charge in [-0.05, 0) is 55.3 Å². The van der Waals surface area contributed by atoms with Gasteiger partial charge in [-0.25, -0.2) is 0 Å². The van der Waals surface area contributed by atoms with Crippen molar-refractivity contribution in [1.82, 2.24) is 30.7 Å². The molecule has 2 aromatic heterocycles. The standard InChI is InChI=1S/C22H23N7O2/c30-20(24-16-3-1-2-4-16)13-31-18-8-5-14(6-9-18)21-26-22(29-28-21)25-17-7-10-19-15(11-17)12-23-27-19/h5-12,16H,1-4,13H2,(H,23,27)(H,24,30)(H2,25,26,28,29). The molecule has 31 heavy (non-hydrogen) atoms. The minimum Gasteiger partial charge on any atom is -0.484 e. The largest absolute Gasteiger partial charge is 0.484 e. The molecule has 9 heteroatoms. The van der Waals surface area contributed by atoms with Gasteiger partial charge in [0, 0.05) is 22.7 Å². The van der Waals surface area contributed by atoms with E-state index in [2.05, 4.69) is 36.0 Å². The Morgan fingerprint density at radius 2 is 1.94 bits per heavy atom. The van der Waals surface area contributed by atoms with Crippen LogP contribution in [0.2, 0.25) is 0 Å². The number of aromatic amines is 2. The van der Waals surface area contributed by atoms with Crippen molar-refractivity contribution in [3.63, 3.8) is 0 Å². The normalized spacial score (nSPS) is 14.1. The predicted molar refractivity (Wildman–Crippen MR) is 117 cm³/mol. The number of benzene rings is 2. The van der Waals surface area contributed by atoms with Crippen molar-refractivity contribution < 1.29 is 9.53 Å². The van der Waals surface area contributed by atoms with Crippen LogP contribution in [0.3, 0.4) is 0 Å². The van der Waals surface area contributed by atoms with Crippen LogP contribution in [0.4, 0.5) is 11.6 Å². The second-order valence-electron chi connectivity index (χ2n) is 7.67. The van der Waals surface area contributed by atoms with Crippen molar-refractivity contribution in [3.05, 3.63) is 48.7 Å². The predicted octanol–water partition coefficient (Wildman–Crippen LogP) is 3.53. The van der Waals surface area contributed by atoms with Gasteiger partial charge in [-0.1, -0.05) is 12.8 Å². The maximum atomic E-state index is 12.0. The Balaban J connectivity index is 1.18. The number of anilines is 2. The van der Waals surface area contributed by atoms with Crippen molar-refractivity contribution in [1.29, 1.82) is 0 Å². The van der Waals surface area contributed by atoms with E-state index in [1.807, 2.05) is 42.5 Å². The molecule has 0 aliphatic heterocycles. The lowest BCUT2D eigenvalue weighted by Gasteiger charge is -2.12. The number of hydrogen-bond donors (Lipinski definition) is 4. The zero-order valence-corrected chi connectivity index (χ0v) is 16.9. The van der Waals surface area contributed by atoms with E-state index in [1.54, 1.807) is 6.20 Å². The molecule has 4 N–H and O–H groups in total. The lowest BCUT2D eigenvalue weighted by Crippen LogP contribution is -2.36. The van der Waals surface area contributed by atoms with Crippen molar-refractivity contribution in [2.45, 2.75) is 31.7 Å². The number of carbonyl (C=O) groups excluding carboxylic acids is 1. The van der Waals surface area contributed by atoms with E-state index in [4.69, 9.17) is 4.74 Å². The molecular weight excluding hydrogens is 394 g/mol. The molecule has 158 valence electrons. The average molecular weight is 417 g/mol. The number of amides is 1. The van der Waals surface area contributed by atoms with Crippen LogP contribution in [0.25, 0.3) is 22.3 Å². The van der Waals surface area contributed by atoms with Gasteiger partial charge in [-0.15, -0.1) is 5.10 Å². The van der Waals surface area contributed by atoms with Crippen LogP contribution in [0.1, 0.15) is 25.7 Å². The SMILES string of the molecule is O=C(COc1ccc(-c2nc(Nc3ccc4[nH]ncc4c3)n[nH]2)cc1)NC1CCCC1. The van der Waals surface area contributed by atoms with Gasteiger partial charge in [-0.3, -0.25) is 15.0 Å². The minimum absolute atomic E-state index is 0.0211. The number of fused-ring (bicyclic) bond motifs is 1. The third-order valence-corrected chi connectivity index (χ3v) is 5.40. The Labute approximate surface area is 178 Å². The second kappa shape index (κ2) is 8.47. The van der Waals surface area contributed by atoms with Gasteiger partial charge in [-0.2, -0.15) is 10.1 Å². The van der Waals surface area contributed by atoms with Crippen molar-refractivity contribution >= 4 is 28.4 Å². The Morgan fingerprint density at radius 1 is 1.10 bits per heavy atom. The molecule has 1 saturated carbocycles. The highest BCUT2D eigenvalue weighted by Crippen LogP contribution is 2.23. The topological polar surface area (TPSA) is 121 Å². The fourth-order valence-corrected chi connectivity index (χ4v) is 3.79. The zero-order valence-electron chi connectivity index (χ0n) is 16.9. The molecule has 2 aromatic carbocycles. The van der Waals surface area contributed by atoms with E-state index < -0.39 is 0 Å². The molecule has 1 aliphatic carbocycles. The van der Waals surface area contributed by atoms with Crippen molar-refractivity contribution in [3.8, 4) is 17.1 Å². The summed E-state index contributed by atoms with van der Waals surface area (Å²) in [5, 5.41) is 21.3. The zero-order chi connectivity index (χ0) is 21.0. The number of nitrogens with zero attached hydrogens (tertiary/aromatic N) is 3. The Bertz CT molecular complexity index is 1180. The Hall–Kier alpha value is -3.88. The van der Waals surface area contributed by atoms with Gasteiger partial charge in [0.1, 0.15) is 5.75 Å². The molecular formula is C22H23N7O2. The summed E-state index contributed by atoms with van der Waals surface area (Å²) in [7, 11) is 0. The number of carbonyl (C=O) groups is 1. The van der Waals surface area contributed by atoms with E-state index in [0.29, 0.717) is 23.6 Å². The maximum Gasteiger partial charge on any atom is 0.258 e. The van der Waals surface area contributed by atoms with Crippen molar-refractivity contribution in [2.24, 2.45) is 0 Å². The molecule has 9 nitrogen and oxygen atoms in total. The molecule has 4 aromatic rings. The van der Waals surface area contributed by atoms with Gasteiger partial charge in [0.25, 0.3) is 5.91 Å². The summed E-state index contributed by atoms with van der Waals surface area (Å²) in [5.41, 5.74) is 2.72. The van der Waals surface area contributed by atoms with Crippen LogP contribution >= 0.6 is 0 Å². The van der Waals surface area contributed by atoms with E-state index in [1.165, 1.54) is 12.8 Å². The molecule has 0 atom stereocenters. The monoisotopic (exact) mass is 417 g/mol. The molecule has 2 heterocycles.